The van der Waals surface area contributed by atoms with Gasteiger partial charge >= 0.3 is 0 Å². The van der Waals surface area contributed by atoms with Gasteiger partial charge in [0.1, 0.15) is 10.1 Å². The fourth-order valence-corrected chi connectivity index (χ4v) is 1.47. The average molecular weight is 258 g/mol. The summed E-state index contributed by atoms with van der Waals surface area (Å²) in [6.45, 7) is 1.35. The van der Waals surface area contributed by atoms with Crippen LogP contribution < -0.4 is 0 Å². The lowest BCUT2D eigenvalue weighted by atomic mass is 10.4. The lowest BCUT2D eigenvalue weighted by molar-refractivity contribution is 0.0927. The molecule has 0 aliphatic heterocycles. The smallest absolute Gasteiger partial charge is 0.244 e. The molecule has 0 aliphatic rings. The summed E-state index contributed by atoms with van der Waals surface area (Å²) in [5.74, 6) is -0.788. The fraction of sp³-hybridized carbons (Fsp3) is 0.125. The molecule has 0 saturated heterocycles. The predicted molar refractivity (Wildman–Crippen MR) is 51.5 cm³/mol. The number of aromatic nitrogens is 3. The zero-order chi connectivity index (χ0) is 10.3. The molecule has 0 radical (unpaired) electrons. The number of hydrogen-bond acceptors (Lipinski definition) is 3. The molecule has 0 fully saturated rings. The average Bonchev–Trinajstić information content (AvgIpc) is 2.48. The molecule has 0 amide bonds. The van der Waals surface area contributed by atoms with Gasteiger partial charge in [-0.2, -0.15) is 9.78 Å². The van der Waals surface area contributed by atoms with Crippen molar-refractivity contribution in [1.29, 1.82) is 0 Å². The van der Waals surface area contributed by atoms with E-state index in [4.69, 9.17) is 0 Å². The van der Waals surface area contributed by atoms with Crippen molar-refractivity contribution in [2.45, 2.75) is 6.92 Å². The highest BCUT2D eigenvalue weighted by Gasteiger charge is 2.10. The van der Waals surface area contributed by atoms with Crippen molar-refractivity contribution >= 4 is 32.9 Å². The Balaban J connectivity index is 2.80. The molecule has 2 aromatic rings. The highest BCUT2D eigenvalue weighted by Crippen LogP contribution is 2.19. The van der Waals surface area contributed by atoms with Gasteiger partial charge in [0, 0.05) is 13.0 Å². The zero-order valence-electron chi connectivity index (χ0n) is 7.16. The van der Waals surface area contributed by atoms with Crippen LogP contribution >= 0.6 is 15.9 Å². The van der Waals surface area contributed by atoms with Crippen LogP contribution in [0.4, 0.5) is 4.39 Å². The lowest BCUT2D eigenvalue weighted by Gasteiger charge is -1.97. The van der Waals surface area contributed by atoms with E-state index >= 15 is 0 Å². The third kappa shape index (κ3) is 1.31. The maximum absolute atomic E-state index is 13.1. The van der Waals surface area contributed by atoms with Gasteiger partial charge < -0.3 is 0 Å². The van der Waals surface area contributed by atoms with Crippen LogP contribution in [0.1, 0.15) is 11.7 Å². The maximum atomic E-state index is 13.1. The van der Waals surface area contributed by atoms with E-state index in [0.717, 1.165) is 4.68 Å². The van der Waals surface area contributed by atoms with Crippen LogP contribution in [0.5, 0.6) is 0 Å². The van der Waals surface area contributed by atoms with Crippen LogP contribution in [0.3, 0.4) is 0 Å². The highest BCUT2D eigenvalue weighted by molar-refractivity contribution is 9.10. The van der Waals surface area contributed by atoms with E-state index in [1.54, 1.807) is 0 Å². The van der Waals surface area contributed by atoms with Gasteiger partial charge in [-0.15, -0.1) is 0 Å². The molecule has 2 heterocycles. The summed E-state index contributed by atoms with van der Waals surface area (Å²) < 4.78 is 14.3. The van der Waals surface area contributed by atoms with Crippen molar-refractivity contribution in [1.82, 2.24) is 14.8 Å². The minimum atomic E-state index is -0.513. The normalized spacial score (nSPS) is 10.8. The number of carbonyl (C=O) groups is 1. The molecule has 14 heavy (non-hydrogen) atoms. The Labute approximate surface area is 86.9 Å². The summed E-state index contributed by atoms with van der Waals surface area (Å²) in [5, 5.41) is 3.79. The first-order valence-electron chi connectivity index (χ1n) is 3.80. The molecule has 0 unspecified atom stereocenters. The van der Waals surface area contributed by atoms with Crippen LogP contribution in [0.2, 0.25) is 0 Å². The monoisotopic (exact) mass is 257 g/mol. The number of pyridine rings is 1. The zero-order valence-corrected chi connectivity index (χ0v) is 8.75. The molecule has 0 spiro atoms. The summed E-state index contributed by atoms with van der Waals surface area (Å²) >= 11 is 2.95. The summed E-state index contributed by atoms with van der Waals surface area (Å²) in [4.78, 5) is 14.9. The van der Waals surface area contributed by atoms with Gasteiger partial charge in [0.2, 0.25) is 5.91 Å². The van der Waals surface area contributed by atoms with E-state index in [2.05, 4.69) is 26.0 Å². The first-order valence-corrected chi connectivity index (χ1v) is 4.59. The molecule has 2 rings (SSSR count). The van der Waals surface area contributed by atoms with Gasteiger partial charge in [-0.3, -0.25) is 4.79 Å². The van der Waals surface area contributed by atoms with Gasteiger partial charge in [0.15, 0.2) is 5.82 Å². The largest absolute Gasteiger partial charge is 0.273 e. The van der Waals surface area contributed by atoms with E-state index in [1.807, 2.05) is 0 Å². The van der Waals surface area contributed by atoms with Gasteiger partial charge in [-0.25, -0.2) is 9.37 Å². The Morgan fingerprint density at radius 3 is 3.00 bits per heavy atom. The van der Waals surface area contributed by atoms with E-state index in [-0.39, 0.29) is 10.5 Å². The second kappa shape index (κ2) is 3.13. The fourth-order valence-electron chi connectivity index (χ4n) is 1.16. The Bertz CT molecular complexity index is 523. The molecule has 0 bridgehead atoms. The maximum Gasteiger partial charge on any atom is 0.244 e. The summed E-state index contributed by atoms with van der Waals surface area (Å²) in [7, 11) is 0. The van der Waals surface area contributed by atoms with Crippen LogP contribution in [0.25, 0.3) is 11.0 Å². The second-order valence-electron chi connectivity index (χ2n) is 2.74. The molecule has 0 aromatic carbocycles. The van der Waals surface area contributed by atoms with Crippen molar-refractivity contribution in [3.8, 4) is 0 Å². The minimum Gasteiger partial charge on any atom is -0.273 e. The Kier molecular flexibility index (Phi) is 2.07. The van der Waals surface area contributed by atoms with Gasteiger partial charge in [0.25, 0.3) is 0 Å². The first-order chi connectivity index (χ1) is 6.59. The van der Waals surface area contributed by atoms with Gasteiger partial charge in [-0.1, -0.05) is 0 Å². The molecule has 0 N–H and O–H groups in total. The summed E-state index contributed by atoms with van der Waals surface area (Å²) in [6, 6.07) is 1.22. The SMILES string of the molecule is CC(=O)n1ncc2nc(Br)c(F)cc21. The van der Waals surface area contributed by atoms with Crippen LogP contribution in [0, 0.1) is 5.82 Å². The predicted octanol–water partition coefficient (Wildman–Crippen LogP) is 1.99. The van der Waals surface area contributed by atoms with Crippen LogP contribution in [0.15, 0.2) is 16.9 Å². The quantitative estimate of drug-likeness (QED) is 0.679. The van der Waals surface area contributed by atoms with E-state index in [9.17, 15) is 9.18 Å². The highest BCUT2D eigenvalue weighted by atomic mass is 79.9. The van der Waals surface area contributed by atoms with Crippen LogP contribution in [-0.4, -0.2) is 20.7 Å². The summed E-state index contributed by atoms with van der Waals surface area (Å²) in [5.41, 5.74) is 0.853. The Morgan fingerprint density at radius 2 is 2.36 bits per heavy atom. The van der Waals surface area contributed by atoms with Crippen LogP contribution in [-0.2, 0) is 0 Å². The van der Waals surface area contributed by atoms with Crippen molar-refractivity contribution in [2.24, 2.45) is 0 Å². The molecule has 4 nitrogen and oxygen atoms in total. The number of hydrogen-bond donors (Lipinski definition) is 0. The third-order valence-corrected chi connectivity index (χ3v) is 2.32. The van der Waals surface area contributed by atoms with Crippen molar-refractivity contribution in [3.63, 3.8) is 0 Å². The Morgan fingerprint density at radius 1 is 1.64 bits per heavy atom. The number of fused-ring (bicyclic) bond motifs is 1. The second-order valence-corrected chi connectivity index (χ2v) is 3.49. The molecular weight excluding hydrogens is 253 g/mol. The summed E-state index contributed by atoms with van der Waals surface area (Å²) in [6.07, 6.45) is 1.42. The topological polar surface area (TPSA) is 47.8 Å². The number of nitrogens with zero attached hydrogens (tertiary/aromatic N) is 3. The standard InChI is InChI=1S/C8H5BrFN3O/c1-4(14)13-7-2-5(10)8(9)12-6(7)3-11-13/h2-3H,1H3. The van der Waals surface area contributed by atoms with E-state index < -0.39 is 5.82 Å². The van der Waals surface area contributed by atoms with Crippen molar-refractivity contribution in [3.05, 3.63) is 22.7 Å². The van der Waals surface area contributed by atoms with Gasteiger partial charge in [0.05, 0.1) is 11.7 Å². The first kappa shape index (κ1) is 9.26. The molecule has 0 saturated carbocycles. The number of rotatable bonds is 0. The Hall–Kier alpha value is -1.30. The van der Waals surface area contributed by atoms with Crippen molar-refractivity contribution in [2.75, 3.05) is 0 Å². The molecule has 2 aromatic heterocycles. The molecule has 6 heteroatoms. The third-order valence-electron chi connectivity index (χ3n) is 1.76. The van der Waals surface area contributed by atoms with E-state index in [0.29, 0.717) is 11.0 Å². The van der Waals surface area contributed by atoms with E-state index in [1.165, 1.54) is 19.2 Å². The molecule has 72 valence electrons. The number of halogens is 2. The van der Waals surface area contributed by atoms with Crippen molar-refractivity contribution < 1.29 is 9.18 Å². The minimum absolute atomic E-state index is 0.119. The molecule has 0 aliphatic carbocycles. The molecule has 0 atom stereocenters. The lowest BCUT2D eigenvalue weighted by Crippen LogP contribution is -2.06. The van der Waals surface area contributed by atoms with Gasteiger partial charge in [-0.05, 0) is 15.9 Å². The molecular formula is C8H5BrFN3O. The number of carbonyl (C=O) groups excluding carboxylic acids is 1.